The number of hydrogen-bond donors (Lipinski definition) is 2. The minimum Gasteiger partial charge on any atom is -0.446 e. The highest BCUT2D eigenvalue weighted by atomic mass is 32.2. The molecule has 0 radical (unpaired) electrons. The molecule has 0 aromatic rings. The fourth-order valence-electron chi connectivity index (χ4n) is 1.77. The van der Waals surface area contributed by atoms with Gasteiger partial charge in [0.25, 0.3) is 0 Å². The molecule has 0 aromatic heterocycles. The number of hydrogen-bond acceptors (Lipinski definition) is 4. The van der Waals surface area contributed by atoms with Crippen molar-refractivity contribution < 1.29 is 17.9 Å². The van der Waals surface area contributed by atoms with E-state index in [9.17, 15) is 13.2 Å². The van der Waals surface area contributed by atoms with Gasteiger partial charge in [-0.25, -0.2) is 17.9 Å². The van der Waals surface area contributed by atoms with Gasteiger partial charge in [-0.05, 0) is 25.7 Å². The molecular formula is C8H16N2O4S. The molecule has 0 unspecified atom stereocenters. The number of rotatable bonds is 3. The minimum absolute atomic E-state index is 0.0484. The average Bonchev–Trinajstić information content (AvgIpc) is 2.05. The van der Waals surface area contributed by atoms with Crippen LogP contribution >= 0.6 is 0 Å². The first-order valence-corrected chi connectivity index (χ1v) is 6.69. The third kappa shape index (κ3) is 4.98. The average molecular weight is 236 g/mol. The topological polar surface area (TPSA) is 98.5 Å². The van der Waals surface area contributed by atoms with Gasteiger partial charge in [-0.3, -0.25) is 0 Å². The van der Waals surface area contributed by atoms with E-state index in [0.717, 1.165) is 6.26 Å². The van der Waals surface area contributed by atoms with Crippen molar-refractivity contribution in [2.24, 2.45) is 5.73 Å². The Morgan fingerprint density at radius 2 is 1.87 bits per heavy atom. The monoisotopic (exact) mass is 236 g/mol. The zero-order valence-electron chi connectivity index (χ0n) is 8.60. The fraction of sp³-hybridized carbons (Fsp3) is 0.875. The van der Waals surface area contributed by atoms with Gasteiger partial charge in [-0.2, -0.15) is 0 Å². The summed E-state index contributed by atoms with van der Waals surface area (Å²) in [4.78, 5) is 10.5. The van der Waals surface area contributed by atoms with Crippen LogP contribution in [0.1, 0.15) is 25.7 Å². The van der Waals surface area contributed by atoms with Crippen LogP contribution in [0.15, 0.2) is 0 Å². The van der Waals surface area contributed by atoms with Crippen LogP contribution in [-0.4, -0.2) is 32.9 Å². The van der Waals surface area contributed by atoms with E-state index < -0.39 is 16.1 Å². The van der Waals surface area contributed by atoms with E-state index in [1.165, 1.54) is 0 Å². The lowest BCUT2D eigenvalue weighted by atomic mass is 9.94. The quantitative estimate of drug-likeness (QED) is 0.717. The second kappa shape index (κ2) is 4.80. The molecule has 0 bridgehead atoms. The van der Waals surface area contributed by atoms with Crippen molar-refractivity contribution in [3.8, 4) is 0 Å². The van der Waals surface area contributed by atoms with Crippen LogP contribution < -0.4 is 10.5 Å². The molecule has 0 saturated heterocycles. The van der Waals surface area contributed by atoms with Crippen molar-refractivity contribution in [3.63, 3.8) is 0 Å². The molecule has 0 aliphatic heterocycles. The number of primary amides is 1. The molecule has 1 amide bonds. The Hall–Kier alpha value is -0.820. The Balaban J connectivity index is 2.33. The highest BCUT2D eigenvalue weighted by Crippen LogP contribution is 2.21. The lowest BCUT2D eigenvalue weighted by Gasteiger charge is -2.27. The maximum Gasteiger partial charge on any atom is 0.404 e. The molecule has 1 aliphatic carbocycles. The van der Waals surface area contributed by atoms with Crippen molar-refractivity contribution in [1.82, 2.24) is 4.72 Å². The number of ether oxygens (including phenoxy) is 1. The number of carbonyl (C=O) groups is 1. The molecule has 1 saturated carbocycles. The lowest BCUT2D eigenvalue weighted by molar-refractivity contribution is 0.0778. The Kier molecular flexibility index (Phi) is 3.92. The molecule has 3 N–H and O–H groups in total. The van der Waals surface area contributed by atoms with E-state index in [1.807, 2.05) is 0 Å². The third-order valence-corrected chi connectivity index (χ3v) is 3.10. The van der Waals surface area contributed by atoms with Crippen LogP contribution in [0.25, 0.3) is 0 Å². The summed E-state index contributed by atoms with van der Waals surface area (Å²) < 4.78 is 29.2. The summed E-state index contributed by atoms with van der Waals surface area (Å²) in [6.45, 7) is 0. The summed E-state index contributed by atoms with van der Waals surface area (Å²) >= 11 is 0. The van der Waals surface area contributed by atoms with Crippen molar-refractivity contribution >= 4 is 16.1 Å². The number of sulfonamides is 1. The molecule has 1 rings (SSSR count). The largest absolute Gasteiger partial charge is 0.446 e. The lowest BCUT2D eigenvalue weighted by Crippen LogP contribution is -2.39. The molecule has 0 atom stereocenters. The fourth-order valence-corrected chi connectivity index (χ4v) is 2.61. The Morgan fingerprint density at radius 1 is 1.33 bits per heavy atom. The summed E-state index contributed by atoms with van der Waals surface area (Å²) in [5.41, 5.74) is 4.89. The summed E-state index contributed by atoms with van der Waals surface area (Å²) in [6.07, 6.45) is 2.84. The Bertz CT molecular complexity index is 320. The first kappa shape index (κ1) is 12.3. The van der Waals surface area contributed by atoms with Crippen LogP contribution in [0, 0.1) is 0 Å². The van der Waals surface area contributed by atoms with Gasteiger partial charge in [0.05, 0.1) is 6.26 Å². The summed E-state index contributed by atoms with van der Waals surface area (Å²) in [6, 6.07) is -0.0484. The number of nitrogens with one attached hydrogen (secondary N) is 1. The number of amides is 1. The van der Waals surface area contributed by atoms with Gasteiger partial charge in [0, 0.05) is 6.04 Å². The van der Waals surface area contributed by atoms with E-state index >= 15 is 0 Å². The molecule has 88 valence electrons. The second-order valence-corrected chi connectivity index (χ2v) is 5.58. The smallest absolute Gasteiger partial charge is 0.404 e. The zero-order valence-corrected chi connectivity index (χ0v) is 9.42. The third-order valence-electron chi connectivity index (χ3n) is 2.34. The molecule has 7 heteroatoms. The van der Waals surface area contributed by atoms with Crippen LogP contribution in [0.2, 0.25) is 0 Å². The minimum atomic E-state index is -3.15. The highest BCUT2D eigenvalue weighted by molar-refractivity contribution is 7.88. The number of nitrogens with two attached hydrogens (primary N) is 1. The van der Waals surface area contributed by atoms with E-state index in [4.69, 9.17) is 10.5 Å². The van der Waals surface area contributed by atoms with E-state index in [2.05, 4.69) is 4.72 Å². The van der Waals surface area contributed by atoms with Gasteiger partial charge < -0.3 is 10.5 Å². The molecule has 1 fully saturated rings. The molecule has 0 spiro atoms. The van der Waals surface area contributed by atoms with Crippen molar-refractivity contribution in [3.05, 3.63) is 0 Å². The van der Waals surface area contributed by atoms with Crippen molar-refractivity contribution in [1.29, 1.82) is 0 Å². The molecule has 0 heterocycles. The van der Waals surface area contributed by atoms with E-state index in [0.29, 0.717) is 25.7 Å². The molecule has 6 nitrogen and oxygen atoms in total. The van der Waals surface area contributed by atoms with Crippen LogP contribution in [0.3, 0.4) is 0 Å². The predicted molar refractivity (Wildman–Crippen MR) is 54.7 cm³/mol. The van der Waals surface area contributed by atoms with Crippen molar-refractivity contribution in [2.45, 2.75) is 37.8 Å². The molecule has 0 aromatic carbocycles. The summed E-state index contributed by atoms with van der Waals surface area (Å²) in [5.74, 6) is 0. The maximum absolute atomic E-state index is 10.9. The second-order valence-electron chi connectivity index (χ2n) is 3.80. The SMILES string of the molecule is CS(=O)(=O)NC1CCC(OC(N)=O)CC1. The van der Waals surface area contributed by atoms with Gasteiger partial charge in [-0.15, -0.1) is 0 Å². The molecule has 15 heavy (non-hydrogen) atoms. The summed E-state index contributed by atoms with van der Waals surface area (Å²) in [5, 5.41) is 0. The highest BCUT2D eigenvalue weighted by Gasteiger charge is 2.24. The van der Waals surface area contributed by atoms with Gasteiger partial charge >= 0.3 is 6.09 Å². The Labute approximate surface area is 89.2 Å². The van der Waals surface area contributed by atoms with Gasteiger partial charge in [0.1, 0.15) is 6.10 Å². The standard InChI is InChI=1S/C8H16N2O4S/c1-15(12,13)10-6-2-4-7(5-3-6)14-8(9)11/h6-7,10H,2-5H2,1H3,(H2,9,11). The maximum atomic E-state index is 10.9. The summed E-state index contributed by atoms with van der Waals surface area (Å²) in [7, 11) is -3.15. The zero-order chi connectivity index (χ0) is 11.5. The first-order chi connectivity index (χ1) is 6.87. The number of carbonyl (C=O) groups excluding carboxylic acids is 1. The molecular weight excluding hydrogens is 220 g/mol. The van der Waals surface area contributed by atoms with Crippen LogP contribution in [0.4, 0.5) is 4.79 Å². The van der Waals surface area contributed by atoms with E-state index in [1.54, 1.807) is 0 Å². The van der Waals surface area contributed by atoms with Crippen LogP contribution in [-0.2, 0) is 14.8 Å². The van der Waals surface area contributed by atoms with Crippen LogP contribution in [0.5, 0.6) is 0 Å². The van der Waals surface area contributed by atoms with Crippen molar-refractivity contribution in [2.75, 3.05) is 6.26 Å². The Morgan fingerprint density at radius 3 is 2.27 bits per heavy atom. The van der Waals surface area contributed by atoms with Gasteiger partial charge in [0.15, 0.2) is 0 Å². The predicted octanol–water partition coefficient (Wildman–Crippen LogP) is -0.0579. The van der Waals surface area contributed by atoms with E-state index in [-0.39, 0.29) is 12.1 Å². The normalized spacial score (nSPS) is 27.3. The van der Waals surface area contributed by atoms with Gasteiger partial charge in [-0.1, -0.05) is 0 Å². The first-order valence-electron chi connectivity index (χ1n) is 4.80. The van der Waals surface area contributed by atoms with Gasteiger partial charge in [0.2, 0.25) is 10.0 Å². The molecule has 1 aliphatic rings.